The minimum Gasteiger partial charge on any atom is -0.330 e. The van der Waals surface area contributed by atoms with Crippen molar-refractivity contribution in [2.75, 3.05) is 0 Å². The Hall–Kier alpha value is -0.500. The highest BCUT2D eigenvalue weighted by atomic mass is 35.5. The number of alkyl halides is 2. The number of hydrogen-bond acceptors (Lipinski definition) is 1. The van der Waals surface area contributed by atoms with Gasteiger partial charge in [0.1, 0.15) is 0 Å². The molecule has 0 aliphatic rings. The lowest BCUT2D eigenvalue weighted by atomic mass is 10.2. The van der Waals surface area contributed by atoms with Crippen molar-refractivity contribution in [2.45, 2.75) is 23.0 Å². The lowest BCUT2D eigenvalue weighted by Crippen LogP contribution is -2.34. The highest BCUT2D eigenvalue weighted by Crippen LogP contribution is 2.35. The van der Waals surface area contributed by atoms with Crippen LogP contribution >= 0.6 is 23.2 Å². The maximum absolute atomic E-state index is 6.14. The van der Waals surface area contributed by atoms with Crippen molar-refractivity contribution in [2.24, 2.45) is 0 Å². The third kappa shape index (κ3) is 4.70. The van der Waals surface area contributed by atoms with Gasteiger partial charge in [0.2, 0.25) is 0 Å². The maximum Gasteiger partial charge on any atom is 0.166 e. The van der Waals surface area contributed by atoms with E-state index in [-0.39, 0.29) is 0 Å². The molecule has 0 bridgehead atoms. The Balaban J connectivity index is 4.75. The van der Waals surface area contributed by atoms with Crippen LogP contribution in [0.3, 0.4) is 0 Å². The summed E-state index contributed by atoms with van der Waals surface area (Å²) in [4.78, 5) is 0. The van der Waals surface area contributed by atoms with Crippen LogP contribution in [0.25, 0.3) is 0 Å². The smallest absolute Gasteiger partial charge is 0.166 e. The van der Waals surface area contributed by atoms with Gasteiger partial charge in [-0.2, -0.15) is 0 Å². The van der Waals surface area contributed by atoms with Gasteiger partial charge in [0.25, 0.3) is 0 Å². The van der Waals surface area contributed by atoms with Crippen LogP contribution in [0.4, 0.5) is 0 Å². The second-order valence-electron chi connectivity index (χ2n) is 3.07. The normalized spacial score (nSPS) is 18.3. The lowest BCUT2D eigenvalue weighted by molar-refractivity contribution is -0.00977. The van der Waals surface area contributed by atoms with Gasteiger partial charge in [-0.05, 0) is 12.2 Å². The molecule has 0 aromatic carbocycles. The topological polar surface area (TPSA) is 9.23 Å². The Bertz CT molecular complexity index is 236. The molecule has 1 nitrogen and oxygen atoms in total. The van der Waals surface area contributed by atoms with Gasteiger partial charge in [0, 0.05) is 12.8 Å². The summed E-state index contributed by atoms with van der Waals surface area (Å²) in [6.07, 6.45) is 7.08. The van der Waals surface area contributed by atoms with Crippen molar-refractivity contribution >= 4 is 23.2 Å². The average Bonchev–Trinajstić information content (AvgIpc) is 2.18. The van der Waals surface area contributed by atoms with E-state index in [1.54, 1.807) is 12.2 Å². The molecule has 0 aromatic heterocycles. The van der Waals surface area contributed by atoms with Gasteiger partial charge in [-0.25, -0.2) is 0 Å². The third-order valence-electron chi connectivity index (χ3n) is 1.79. The molecule has 0 aliphatic carbocycles. The van der Waals surface area contributed by atoms with Gasteiger partial charge in [0.05, 0.1) is 0 Å². The molecule has 15 heavy (non-hydrogen) atoms. The SMILES string of the molecule is C=CCC(Cl)(C=C)OC(Cl)(C=C)CC=C. The molecule has 0 radical (unpaired) electrons. The third-order valence-corrected chi connectivity index (χ3v) is 2.57. The Labute approximate surface area is 102 Å². The van der Waals surface area contributed by atoms with Gasteiger partial charge in [-0.1, -0.05) is 48.5 Å². The molecule has 0 amide bonds. The fourth-order valence-electron chi connectivity index (χ4n) is 1.01. The first-order valence-electron chi connectivity index (χ1n) is 4.52. The Morgan fingerprint density at radius 2 is 1.20 bits per heavy atom. The fraction of sp³-hybridized carbons (Fsp3) is 0.333. The van der Waals surface area contributed by atoms with Crippen molar-refractivity contribution in [3.8, 4) is 0 Å². The summed E-state index contributed by atoms with van der Waals surface area (Å²) in [7, 11) is 0. The maximum atomic E-state index is 6.14. The number of hydrogen-bond donors (Lipinski definition) is 0. The zero-order valence-electron chi connectivity index (χ0n) is 8.72. The molecular weight excluding hydrogens is 231 g/mol. The zero-order chi connectivity index (χ0) is 11.9. The Kier molecular flexibility index (Phi) is 5.96. The van der Waals surface area contributed by atoms with Crippen molar-refractivity contribution in [1.82, 2.24) is 0 Å². The predicted molar refractivity (Wildman–Crippen MR) is 68.3 cm³/mol. The highest BCUT2D eigenvalue weighted by Gasteiger charge is 2.34. The number of rotatable bonds is 8. The monoisotopic (exact) mass is 246 g/mol. The standard InChI is InChI=1S/C12H16Cl2O/c1-5-9-11(13,7-3)15-12(14,8-4)10-6-2/h5-8H,1-4,9-10H2. The van der Waals surface area contributed by atoms with E-state index in [1.807, 2.05) is 0 Å². The molecule has 0 heterocycles. The van der Waals surface area contributed by atoms with E-state index >= 15 is 0 Å². The molecule has 3 heteroatoms. The van der Waals surface area contributed by atoms with Crippen LogP contribution in [-0.2, 0) is 4.74 Å². The summed E-state index contributed by atoms with van der Waals surface area (Å²) in [6.45, 7) is 14.4. The van der Waals surface area contributed by atoms with Gasteiger partial charge in [-0.15, -0.1) is 13.2 Å². The lowest BCUT2D eigenvalue weighted by Gasteiger charge is -2.32. The van der Waals surface area contributed by atoms with Crippen molar-refractivity contribution < 1.29 is 4.74 Å². The van der Waals surface area contributed by atoms with E-state index in [9.17, 15) is 0 Å². The summed E-state index contributed by atoms with van der Waals surface area (Å²) in [6, 6.07) is 0. The molecule has 0 aromatic rings. The highest BCUT2D eigenvalue weighted by molar-refractivity contribution is 6.26. The predicted octanol–water partition coefficient (Wildman–Crippen LogP) is 4.40. The van der Waals surface area contributed by atoms with Crippen LogP contribution in [0, 0.1) is 0 Å². The van der Waals surface area contributed by atoms with E-state index in [2.05, 4.69) is 26.3 Å². The summed E-state index contributed by atoms with van der Waals surface area (Å²) in [5, 5.41) is -2.11. The van der Waals surface area contributed by atoms with Crippen LogP contribution in [0.1, 0.15) is 12.8 Å². The summed E-state index contributed by atoms with van der Waals surface area (Å²) in [5.41, 5.74) is 0. The quantitative estimate of drug-likeness (QED) is 0.456. The van der Waals surface area contributed by atoms with E-state index < -0.39 is 10.1 Å². The molecule has 84 valence electrons. The number of ether oxygens (including phenoxy) is 1. The van der Waals surface area contributed by atoms with Crippen molar-refractivity contribution in [1.29, 1.82) is 0 Å². The van der Waals surface area contributed by atoms with Crippen molar-refractivity contribution in [3.63, 3.8) is 0 Å². The fourth-order valence-corrected chi connectivity index (χ4v) is 1.54. The van der Waals surface area contributed by atoms with Crippen LogP contribution in [-0.4, -0.2) is 10.1 Å². The molecule has 2 unspecified atom stereocenters. The van der Waals surface area contributed by atoms with E-state index in [0.717, 1.165) is 0 Å². The van der Waals surface area contributed by atoms with Crippen LogP contribution in [0.2, 0.25) is 0 Å². The molecular formula is C12H16Cl2O. The molecule has 0 fully saturated rings. The molecule has 0 saturated heterocycles. The van der Waals surface area contributed by atoms with Crippen molar-refractivity contribution in [3.05, 3.63) is 50.6 Å². The molecule has 0 N–H and O–H groups in total. The second-order valence-corrected chi connectivity index (χ2v) is 4.35. The average molecular weight is 247 g/mol. The van der Waals surface area contributed by atoms with Gasteiger partial charge in [0.15, 0.2) is 10.1 Å². The first kappa shape index (κ1) is 14.5. The minimum atomic E-state index is -1.05. The molecule has 0 rings (SSSR count). The first-order valence-corrected chi connectivity index (χ1v) is 5.28. The molecule has 0 spiro atoms. The van der Waals surface area contributed by atoms with Gasteiger partial charge in [-0.3, -0.25) is 0 Å². The van der Waals surface area contributed by atoms with Gasteiger partial charge < -0.3 is 4.74 Å². The van der Waals surface area contributed by atoms with Crippen LogP contribution < -0.4 is 0 Å². The van der Waals surface area contributed by atoms with E-state index in [1.165, 1.54) is 12.2 Å². The minimum absolute atomic E-state index is 0.414. The Morgan fingerprint density at radius 1 is 0.867 bits per heavy atom. The summed E-state index contributed by atoms with van der Waals surface area (Å²) < 4.78 is 5.56. The first-order chi connectivity index (χ1) is 6.95. The van der Waals surface area contributed by atoms with Crippen LogP contribution in [0.15, 0.2) is 50.6 Å². The van der Waals surface area contributed by atoms with Gasteiger partial charge >= 0.3 is 0 Å². The summed E-state index contributed by atoms with van der Waals surface area (Å²) in [5.74, 6) is 0. The molecule has 2 atom stereocenters. The summed E-state index contributed by atoms with van der Waals surface area (Å²) >= 11 is 12.3. The zero-order valence-corrected chi connectivity index (χ0v) is 10.2. The molecule has 0 saturated carbocycles. The molecule has 0 aliphatic heterocycles. The van der Waals surface area contributed by atoms with Crippen LogP contribution in [0.5, 0.6) is 0 Å². The number of halogens is 2. The Morgan fingerprint density at radius 3 is 1.40 bits per heavy atom. The largest absolute Gasteiger partial charge is 0.330 e. The van der Waals surface area contributed by atoms with E-state index in [0.29, 0.717) is 12.8 Å². The second kappa shape index (κ2) is 6.16. The van der Waals surface area contributed by atoms with E-state index in [4.69, 9.17) is 27.9 Å².